The quantitative estimate of drug-likeness (QED) is 0.811. The zero-order chi connectivity index (χ0) is 19.9. The van der Waals surface area contributed by atoms with E-state index in [4.69, 9.17) is 0 Å². The van der Waals surface area contributed by atoms with Crippen LogP contribution in [-0.4, -0.2) is 34.1 Å². The van der Waals surface area contributed by atoms with Crippen LogP contribution in [0.25, 0.3) is 0 Å². The molecule has 2 aromatic rings. The van der Waals surface area contributed by atoms with Gasteiger partial charge >= 0.3 is 0 Å². The summed E-state index contributed by atoms with van der Waals surface area (Å²) >= 11 is 1.44. The molecule has 1 aliphatic carbocycles. The zero-order valence-corrected chi connectivity index (χ0v) is 17.4. The minimum absolute atomic E-state index is 0.0194. The molecule has 6 nitrogen and oxygen atoms in total. The summed E-state index contributed by atoms with van der Waals surface area (Å²) in [5.41, 5.74) is 2.33. The highest BCUT2D eigenvalue weighted by Crippen LogP contribution is 2.39. The third-order valence-electron chi connectivity index (χ3n) is 5.56. The molecule has 2 fully saturated rings. The third-order valence-corrected chi connectivity index (χ3v) is 6.80. The maximum atomic E-state index is 12.9. The van der Waals surface area contributed by atoms with Gasteiger partial charge in [-0.05, 0) is 31.7 Å². The number of aromatic nitrogens is 2. The predicted octanol–water partition coefficient (Wildman–Crippen LogP) is 3.21. The van der Waals surface area contributed by atoms with Crippen LogP contribution in [0.3, 0.4) is 0 Å². The Hall–Kier alpha value is -2.28. The summed E-state index contributed by atoms with van der Waals surface area (Å²) in [6.45, 7) is 6.56. The average molecular weight is 399 g/mol. The number of carbonyl (C=O) groups excluding carboxylic acids is 2. The molecule has 0 spiro atoms. The molecule has 28 heavy (non-hydrogen) atoms. The van der Waals surface area contributed by atoms with Crippen LogP contribution in [-0.2, 0) is 16.0 Å². The number of aryl methyl sites for hydroxylation is 1. The Morgan fingerprint density at radius 2 is 2.00 bits per heavy atom. The first-order valence-electron chi connectivity index (χ1n) is 9.86. The molecule has 1 saturated carbocycles. The van der Waals surface area contributed by atoms with Crippen molar-refractivity contribution in [3.8, 4) is 0 Å². The summed E-state index contributed by atoms with van der Waals surface area (Å²) in [5.74, 6) is -0.113. The van der Waals surface area contributed by atoms with E-state index < -0.39 is 0 Å². The predicted molar refractivity (Wildman–Crippen MR) is 109 cm³/mol. The largest absolute Gasteiger partial charge is 0.350 e. The second kappa shape index (κ2) is 7.28. The second-order valence-electron chi connectivity index (χ2n) is 8.41. The molecule has 2 amide bonds. The molecule has 1 saturated heterocycles. The molecule has 148 valence electrons. The highest BCUT2D eigenvalue weighted by molar-refractivity contribution is 7.15. The molecular weight excluding hydrogens is 372 g/mol. The Balaban J connectivity index is 1.38. The summed E-state index contributed by atoms with van der Waals surface area (Å²) in [4.78, 5) is 26.9. The average Bonchev–Trinajstić information content (AvgIpc) is 3.07. The van der Waals surface area contributed by atoms with E-state index in [2.05, 4.69) is 60.6 Å². The number of amides is 2. The van der Waals surface area contributed by atoms with Crippen molar-refractivity contribution in [1.29, 1.82) is 0 Å². The van der Waals surface area contributed by atoms with Crippen LogP contribution in [0.2, 0.25) is 0 Å². The van der Waals surface area contributed by atoms with Crippen molar-refractivity contribution >= 4 is 28.3 Å². The first kappa shape index (κ1) is 19.1. The van der Waals surface area contributed by atoms with Crippen molar-refractivity contribution in [3.63, 3.8) is 0 Å². The third kappa shape index (κ3) is 3.94. The lowest BCUT2D eigenvalue weighted by molar-refractivity contribution is -0.127. The van der Waals surface area contributed by atoms with Crippen molar-refractivity contribution in [2.24, 2.45) is 5.92 Å². The summed E-state index contributed by atoms with van der Waals surface area (Å²) in [6.07, 6.45) is 3.07. The minimum atomic E-state index is -0.325. The summed E-state index contributed by atoms with van der Waals surface area (Å²) in [6, 6.07) is 8.47. The summed E-state index contributed by atoms with van der Waals surface area (Å²) in [5, 5.41) is 13.1. The highest BCUT2D eigenvalue weighted by atomic mass is 32.1. The van der Waals surface area contributed by atoms with Crippen LogP contribution < -0.4 is 10.2 Å². The van der Waals surface area contributed by atoms with Gasteiger partial charge in [0, 0.05) is 24.4 Å². The van der Waals surface area contributed by atoms with E-state index in [9.17, 15) is 9.59 Å². The zero-order valence-electron chi connectivity index (χ0n) is 16.6. The number of hydrogen-bond acceptors (Lipinski definition) is 5. The Bertz CT molecular complexity index is 886. The molecule has 0 bridgehead atoms. The van der Waals surface area contributed by atoms with Crippen LogP contribution in [0.15, 0.2) is 24.3 Å². The fourth-order valence-electron chi connectivity index (χ4n) is 3.59. The van der Waals surface area contributed by atoms with Gasteiger partial charge in [0.2, 0.25) is 16.9 Å². The van der Waals surface area contributed by atoms with Crippen LogP contribution >= 0.6 is 11.3 Å². The monoisotopic (exact) mass is 398 g/mol. The van der Waals surface area contributed by atoms with Gasteiger partial charge in [0.05, 0.1) is 5.92 Å². The van der Waals surface area contributed by atoms with Crippen molar-refractivity contribution < 1.29 is 9.59 Å². The minimum Gasteiger partial charge on any atom is -0.350 e. The Labute approximate surface area is 169 Å². The normalized spacial score (nSPS) is 20.6. The van der Waals surface area contributed by atoms with Crippen molar-refractivity contribution in [2.45, 2.75) is 57.9 Å². The maximum Gasteiger partial charge on any atom is 0.229 e. The molecule has 0 radical (unpaired) electrons. The fourth-order valence-corrected chi connectivity index (χ4v) is 4.47. The van der Waals surface area contributed by atoms with Crippen molar-refractivity contribution in [3.05, 3.63) is 40.4 Å². The summed E-state index contributed by atoms with van der Waals surface area (Å²) < 4.78 is 0. The molecule has 1 unspecified atom stereocenters. The van der Waals surface area contributed by atoms with Gasteiger partial charge in [0.1, 0.15) is 5.01 Å². The summed E-state index contributed by atoms with van der Waals surface area (Å²) in [7, 11) is 0. The van der Waals surface area contributed by atoms with Crippen molar-refractivity contribution in [2.75, 3.05) is 11.4 Å². The van der Waals surface area contributed by atoms with Crippen LogP contribution in [0.4, 0.5) is 5.13 Å². The number of hydrogen-bond donors (Lipinski definition) is 1. The van der Waals surface area contributed by atoms with Gasteiger partial charge in [-0.1, -0.05) is 55.0 Å². The van der Waals surface area contributed by atoms with Gasteiger partial charge in [-0.15, -0.1) is 10.2 Å². The van der Waals surface area contributed by atoms with Gasteiger partial charge < -0.3 is 5.32 Å². The van der Waals surface area contributed by atoms with Crippen molar-refractivity contribution in [1.82, 2.24) is 15.5 Å². The molecule has 2 heterocycles. The molecule has 1 aromatic carbocycles. The lowest BCUT2D eigenvalue weighted by Gasteiger charge is -2.20. The number of nitrogens with one attached hydrogen (secondary N) is 1. The molecule has 1 N–H and O–H groups in total. The van der Waals surface area contributed by atoms with E-state index in [0.29, 0.717) is 11.7 Å². The number of anilines is 1. The SMILES string of the molecule is Cc1ccc(CC2(NC(=O)C3CC(=O)N(c4nnc(C(C)C)s4)C3)CC2)cc1. The number of benzene rings is 1. The molecular formula is C21H26N4O2S. The van der Waals surface area contributed by atoms with Gasteiger partial charge in [-0.25, -0.2) is 0 Å². The van der Waals surface area contributed by atoms with E-state index in [-0.39, 0.29) is 35.6 Å². The van der Waals surface area contributed by atoms with Gasteiger partial charge in [-0.2, -0.15) is 0 Å². The maximum absolute atomic E-state index is 12.9. The number of carbonyl (C=O) groups is 2. The van der Waals surface area contributed by atoms with Gasteiger partial charge in [0.15, 0.2) is 0 Å². The van der Waals surface area contributed by atoms with Crippen LogP contribution in [0.1, 0.15) is 55.2 Å². The van der Waals surface area contributed by atoms with E-state index in [0.717, 1.165) is 24.3 Å². The molecule has 4 rings (SSSR count). The van der Waals surface area contributed by atoms with E-state index in [1.54, 1.807) is 4.90 Å². The molecule has 1 aromatic heterocycles. The van der Waals surface area contributed by atoms with Gasteiger partial charge in [0.25, 0.3) is 0 Å². The lowest BCUT2D eigenvalue weighted by atomic mass is 10.0. The van der Waals surface area contributed by atoms with Gasteiger partial charge in [-0.3, -0.25) is 14.5 Å². The smallest absolute Gasteiger partial charge is 0.229 e. The van der Waals surface area contributed by atoms with E-state index >= 15 is 0 Å². The molecule has 7 heteroatoms. The van der Waals surface area contributed by atoms with Crippen LogP contribution in [0.5, 0.6) is 0 Å². The standard InChI is InChI=1S/C21H26N4O2S/c1-13(2)19-23-24-20(28-19)25-12-16(10-17(25)26)18(27)22-21(8-9-21)11-15-6-4-14(3)5-7-15/h4-7,13,16H,8-12H2,1-3H3,(H,22,27). The number of rotatable bonds is 6. The Morgan fingerprint density at radius 1 is 1.29 bits per heavy atom. The molecule has 1 aliphatic heterocycles. The second-order valence-corrected chi connectivity index (χ2v) is 9.40. The van der Waals surface area contributed by atoms with Crippen LogP contribution in [0, 0.1) is 12.8 Å². The topological polar surface area (TPSA) is 75.2 Å². The highest BCUT2D eigenvalue weighted by Gasteiger charge is 2.46. The lowest BCUT2D eigenvalue weighted by Crippen LogP contribution is -2.42. The Morgan fingerprint density at radius 3 is 2.61 bits per heavy atom. The number of nitrogens with zero attached hydrogens (tertiary/aromatic N) is 3. The van der Waals surface area contributed by atoms with E-state index in [1.807, 2.05) is 0 Å². The molecule has 1 atom stereocenters. The first-order chi connectivity index (χ1) is 13.3. The molecule has 2 aliphatic rings. The fraction of sp³-hybridized carbons (Fsp3) is 0.524. The first-order valence-corrected chi connectivity index (χ1v) is 10.7. The Kier molecular flexibility index (Phi) is 4.95. The van der Waals surface area contributed by atoms with E-state index in [1.165, 1.54) is 22.5 Å².